The van der Waals surface area contributed by atoms with Gasteiger partial charge in [0.25, 0.3) is 0 Å². The number of benzene rings is 2. The summed E-state index contributed by atoms with van der Waals surface area (Å²) in [7, 11) is 0. The van der Waals surface area contributed by atoms with Gasteiger partial charge in [0, 0.05) is 12.0 Å². The minimum absolute atomic E-state index is 0.00294. The Morgan fingerprint density at radius 3 is 2.71 bits per heavy atom. The molecule has 1 aliphatic heterocycles. The van der Waals surface area contributed by atoms with E-state index in [2.05, 4.69) is 0 Å². The molecule has 1 unspecified atom stereocenters. The van der Waals surface area contributed by atoms with Gasteiger partial charge in [-0.05, 0) is 55.2 Å². The first-order valence-electron chi connectivity index (χ1n) is 8.39. The van der Waals surface area contributed by atoms with Gasteiger partial charge < -0.3 is 9.47 Å². The SMILES string of the molecule is Cc1cc(OC2CCCCO2)ccc1C(=O)/C=C/c1ccccc1. The summed E-state index contributed by atoms with van der Waals surface area (Å²) in [6.07, 6.45) is 6.42. The first kappa shape index (κ1) is 16.5. The first-order chi connectivity index (χ1) is 11.7. The highest BCUT2D eigenvalue weighted by Gasteiger charge is 2.16. The highest BCUT2D eigenvalue weighted by Crippen LogP contribution is 2.22. The molecule has 24 heavy (non-hydrogen) atoms. The molecule has 3 rings (SSSR count). The van der Waals surface area contributed by atoms with E-state index < -0.39 is 0 Å². The molecule has 1 heterocycles. The summed E-state index contributed by atoms with van der Waals surface area (Å²) in [5, 5.41) is 0. The average Bonchev–Trinajstić information content (AvgIpc) is 2.61. The van der Waals surface area contributed by atoms with Crippen LogP contribution in [0.4, 0.5) is 0 Å². The molecule has 124 valence electrons. The summed E-state index contributed by atoms with van der Waals surface area (Å²) in [4.78, 5) is 12.4. The number of carbonyl (C=O) groups is 1. The van der Waals surface area contributed by atoms with Crippen LogP contribution >= 0.6 is 0 Å². The number of ketones is 1. The number of allylic oxidation sites excluding steroid dienone is 1. The van der Waals surface area contributed by atoms with E-state index in [1.165, 1.54) is 0 Å². The van der Waals surface area contributed by atoms with Gasteiger partial charge in [0.1, 0.15) is 5.75 Å². The maximum Gasteiger partial charge on any atom is 0.199 e. The molecule has 1 saturated heterocycles. The van der Waals surface area contributed by atoms with E-state index in [0.29, 0.717) is 5.56 Å². The fraction of sp³-hybridized carbons (Fsp3) is 0.286. The van der Waals surface area contributed by atoms with Crippen molar-refractivity contribution < 1.29 is 14.3 Å². The third-order valence-corrected chi connectivity index (χ3v) is 4.10. The third kappa shape index (κ3) is 4.33. The number of rotatable bonds is 5. The number of ether oxygens (including phenoxy) is 2. The summed E-state index contributed by atoms with van der Waals surface area (Å²) in [6, 6.07) is 15.4. The van der Waals surface area contributed by atoms with Crippen LogP contribution in [0.3, 0.4) is 0 Å². The van der Waals surface area contributed by atoms with Gasteiger partial charge in [0.2, 0.25) is 0 Å². The number of hydrogen-bond donors (Lipinski definition) is 0. The zero-order valence-corrected chi connectivity index (χ0v) is 13.9. The van der Waals surface area contributed by atoms with E-state index >= 15 is 0 Å². The second kappa shape index (κ2) is 7.93. The van der Waals surface area contributed by atoms with E-state index in [0.717, 1.165) is 42.7 Å². The Hall–Kier alpha value is -2.39. The van der Waals surface area contributed by atoms with Crippen LogP contribution in [0.2, 0.25) is 0 Å². The van der Waals surface area contributed by atoms with Gasteiger partial charge >= 0.3 is 0 Å². The van der Waals surface area contributed by atoms with Crippen molar-refractivity contribution in [1.82, 2.24) is 0 Å². The first-order valence-corrected chi connectivity index (χ1v) is 8.39. The molecule has 2 aromatic rings. The summed E-state index contributed by atoms with van der Waals surface area (Å²) >= 11 is 0. The molecule has 1 atom stereocenters. The van der Waals surface area contributed by atoms with E-state index in [1.807, 2.05) is 61.5 Å². The van der Waals surface area contributed by atoms with Crippen LogP contribution in [-0.4, -0.2) is 18.7 Å². The molecular weight excluding hydrogens is 300 g/mol. The maximum atomic E-state index is 12.4. The molecule has 0 radical (unpaired) electrons. The quantitative estimate of drug-likeness (QED) is 0.586. The van der Waals surface area contributed by atoms with Crippen molar-refractivity contribution in [1.29, 1.82) is 0 Å². The van der Waals surface area contributed by atoms with Crippen molar-refractivity contribution >= 4 is 11.9 Å². The second-order valence-electron chi connectivity index (χ2n) is 6.00. The number of aryl methyl sites for hydroxylation is 1. The van der Waals surface area contributed by atoms with Gasteiger partial charge in [-0.15, -0.1) is 0 Å². The van der Waals surface area contributed by atoms with Gasteiger partial charge in [0.15, 0.2) is 12.1 Å². The van der Waals surface area contributed by atoms with E-state index in [4.69, 9.17) is 9.47 Å². The Morgan fingerprint density at radius 1 is 1.17 bits per heavy atom. The standard InChI is InChI=1S/C21H22O3/c1-16-15-18(24-21-9-5-6-14-23-21)11-12-19(16)20(22)13-10-17-7-3-2-4-8-17/h2-4,7-8,10-13,15,21H,5-6,9,14H2,1H3/b13-10+. The van der Waals surface area contributed by atoms with Gasteiger partial charge in [-0.25, -0.2) is 0 Å². The number of carbonyl (C=O) groups excluding carboxylic acids is 1. The van der Waals surface area contributed by atoms with E-state index in [1.54, 1.807) is 6.08 Å². The Kier molecular flexibility index (Phi) is 5.44. The molecule has 3 heteroatoms. The lowest BCUT2D eigenvalue weighted by atomic mass is 10.0. The minimum atomic E-state index is -0.169. The maximum absolute atomic E-state index is 12.4. The van der Waals surface area contributed by atoms with Crippen LogP contribution < -0.4 is 4.74 Å². The summed E-state index contributed by atoms with van der Waals surface area (Å²) in [5.74, 6) is 0.750. The normalized spacial score (nSPS) is 17.8. The highest BCUT2D eigenvalue weighted by molar-refractivity contribution is 6.07. The van der Waals surface area contributed by atoms with Gasteiger partial charge in [0.05, 0.1) is 6.61 Å². The van der Waals surface area contributed by atoms with Crippen molar-refractivity contribution in [3.8, 4) is 5.75 Å². The third-order valence-electron chi connectivity index (χ3n) is 4.10. The zero-order chi connectivity index (χ0) is 16.8. The minimum Gasteiger partial charge on any atom is -0.465 e. The van der Waals surface area contributed by atoms with Gasteiger partial charge in [-0.2, -0.15) is 0 Å². The monoisotopic (exact) mass is 322 g/mol. The number of hydrogen-bond acceptors (Lipinski definition) is 3. The Balaban J connectivity index is 1.67. The molecule has 0 aromatic heterocycles. The van der Waals surface area contributed by atoms with Crippen LogP contribution in [0.5, 0.6) is 5.75 Å². The molecule has 1 fully saturated rings. The van der Waals surface area contributed by atoms with Crippen LogP contribution in [0, 0.1) is 6.92 Å². The second-order valence-corrected chi connectivity index (χ2v) is 6.00. The van der Waals surface area contributed by atoms with E-state index in [-0.39, 0.29) is 12.1 Å². The molecule has 0 bridgehead atoms. The lowest BCUT2D eigenvalue weighted by Gasteiger charge is -2.23. The van der Waals surface area contributed by atoms with Crippen LogP contribution in [0.15, 0.2) is 54.6 Å². The highest BCUT2D eigenvalue weighted by atomic mass is 16.7. The van der Waals surface area contributed by atoms with E-state index in [9.17, 15) is 4.79 Å². The molecule has 2 aromatic carbocycles. The zero-order valence-electron chi connectivity index (χ0n) is 13.9. The van der Waals surface area contributed by atoms with Crippen LogP contribution in [0.25, 0.3) is 6.08 Å². The van der Waals surface area contributed by atoms with Gasteiger partial charge in [-0.1, -0.05) is 36.4 Å². The smallest absolute Gasteiger partial charge is 0.199 e. The molecular formula is C21H22O3. The van der Waals surface area contributed by atoms with Crippen molar-refractivity contribution in [3.63, 3.8) is 0 Å². The van der Waals surface area contributed by atoms with Crippen LogP contribution in [-0.2, 0) is 4.74 Å². The van der Waals surface area contributed by atoms with Crippen molar-refractivity contribution in [3.05, 3.63) is 71.3 Å². The fourth-order valence-corrected chi connectivity index (χ4v) is 2.77. The fourth-order valence-electron chi connectivity index (χ4n) is 2.77. The van der Waals surface area contributed by atoms with Gasteiger partial charge in [-0.3, -0.25) is 4.79 Å². The van der Waals surface area contributed by atoms with Crippen LogP contribution in [0.1, 0.15) is 40.7 Å². The average molecular weight is 322 g/mol. The predicted molar refractivity (Wildman–Crippen MR) is 95.2 cm³/mol. The molecule has 0 N–H and O–H groups in total. The largest absolute Gasteiger partial charge is 0.465 e. The topological polar surface area (TPSA) is 35.5 Å². The molecule has 0 saturated carbocycles. The molecule has 0 aliphatic carbocycles. The molecule has 0 spiro atoms. The van der Waals surface area contributed by atoms with Crippen molar-refractivity contribution in [2.75, 3.05) is 6.61 Å². The molecule has 0 amide bonds. The predicted octanol–water partition coefficient (Wildman–Crippen LogP) is 4.80. The lowest BCUT2D eigenvalue weighted by molar-refractivity contribution is -0.105. The molecule has 3 nitrogen and oxygen atoms in total. The Bertz CT molecular complexity index is 713. The summed E-state index contributed by atoms with van der Waals surface area (Å²) in [6.45, 7) is 2.68. The summed E-state index contributed by atoms with van der Waals surface area (Å²) < 4.78 is 11.4. The lowest BCUT2D eigenvalue weighted by Crippen LogP contribution is -2.25. The summed E-state index contributed by atoms with van der Waals surface area (Å²) in [5.41, 5.74) is 2.61. The van der Waals surface area contributed by atoms with Crippen molar-refractivity contribution in [2.45, 2.75) is 32.5 Å². The van der Waals surface area contributed by atoms with Crippen molar-refractivity contribution in [2.24, 2.45) is 0 Å². The molecule has 1 aliphatic rings. The Labute approximate surface area is 142 Å². The Morgan fingerprint density at radius 2 is 2.00 bits per heavy atom.